The van der Waals surface area contributed by atoms with Gasteiger partial charge in [0.15, 0.2) is 0 Å². The Labute approximate surface area is 470 Å². The van der Waals surface area contributed by atoms with Gasteiger partial charge in [-0.25, -0.2) is 0 Å². The summed E-state index contributed by atoms with van der Waals surface area (Å²) in [6.07, 6.45) is 24.9. The number of hydrogen-bond acceptors (Lipinski definition) is 8. The van der Waals surface area contributed by atoms with Gasteiger partial charge in [0.1, 0.15) is 12.1 Å². The second-order valence-electron chi connectivity index (χ2n) is 20.6. The van der Waals surface area contributed by atoms with Gasteiger partial charge >= 0.3 is 0 Å². The number of thiophene rings is 4. The molecule has 0 spiro atoms. The minimum absolute atomic E-state index is 0.0310. The van der Waals surface area contributed by atoms with Crippen LogP contribution in [0.15, 0.2) is 83.6 Å². The molecule has 76 heavy (non-hydrogen) atoms. The van der Waals surface area contributed by atoms with Crippen LogP contribution in [0.25, 0.3) is 55.3 Å². The number of aryl methyl sites for hydroxylation is 2. The van der Waals surface area contributed by atoms with Gasteiger partial charge in [-0.1, -0.05) is 155 Å². The molecule has 0 aliphatic carbocycles. The molecule has 8 rings (SSSR count). The Morgan fingerprint density at radius 3 is 1.29 bits per heavy atom. The minimum Gasteiger partial charge on any atom is -0.305 e. The second-order valence-corrected chi connectivity index (χ2v) is 24.7. The van der Waals surface area contributed by atoms with Crippen molar-refractivity contribution in [2.24, 2.45) is 0 Å². The van der Waals surface area contributed by atoms with Gasteiger partial charge in [0.2, 0.25) is 0 Å². The molecule has 0 saturated heterocycles. The number of hydrogen-bond donors (Lipinski definition) is 0. The maximum atomic E-state index is 15.8. The fourth-order valence-electron chi connectivity index (χ4n) is 11.2. The maximum Gasteiger partial charge on any atom is 0.260 e. The standard InChI is InChI=1S/C66H76N4O2S4/c1-7-13-17-21-25-45-37-53(39-49(43-67)59-29-23-35-73-59)75-63(45)47-31-33-55-57(41-47)69(51(11-5)27-19-15-9-3)65(71)61(55)62-56-34-32-48(42-58(56)70(66(62)72)52(12-6)28-20-16-10-4)64-46(26-22-18-14-8-2)38-54(76-64)40-50(44-68)60-30-24-36-74-60/h23-24,29-42,51-52H,7-22,25-28H2,1-6H3/b49-39+,50-40+,62-61+. The maximum absolute atomic E-state index is 15.8. The Bertz CT molecular complexity index is 2910. The lowest BCUT2D eigenvalue weighted by Gasteiger charge is -2.28. The van der Waals surface area contributed by atoms with Crippen molar-refractivity contribution in [3.63, 3.8) is 0 Å². The molecule has 0 N–H and O–H groups in total. The molecule has 2 amide bonds. The molecule has 6 nitrogen and oxygen atoms in total. The van der Waals surface area contributed by atoms with Crippen LogP contribution >= 0.6 is 45.3 Å². The highest BCUT2D eigenvalue weighted by molar-refractivity contribution is 7.17. The molecule has 396 valence electrons. The summed E-state index contributed by atoms with van der Waals surface area (Å²) in [6.45, 7) is 13.3. The topological polar surface area (TPSA) is 88.2 Å². The Morgan fingerprint density at radius 2 is 0.934 bits per heavy atom. The number of carbonyl (C=O) groups is 2. The van der Waals surface area contributed by atoms with Crippen LogP contribution in [0.4, 0.5) is 11.4 Å². The first-order chi connectivity index (χ1) is 37.2. The number of rotatable bonds is 28. The van der Waals surface area contributed by atoms with Crippen LogP contribution in [0, 0.1) is 22.7 Å². The van der Waals surface area contributed by atoms with Gasteiger partial charge in [-0.15, -0.1) is 45.3 Å². The highest BCUT2D eigenvalue weighted by Gasteiger charge is 2.45. The summed E-state index contributed by atoms with van der Waals surface area (Å²) in [4.78, 5) is 42.1. The quantitative estimate of drug-likeness (QED) is 0.0278. The smallest absolute Gasteiger partial charge is 0.260 e. The molecular formula is C66H76N4O2S4. The lowest BCUT2D eigenvalue weighted by atomic mass is 9.94. The van der Waals surface area contributed by atoms with Crippen LogP contribution in [0.3, 0.4) is 0 Å². The summed E-state index contributed by atoms with van der Waals surface area (Å²) >= 11 is 6.61. The predicted octanol–water partition coefficient (Wildman–Crippen LogP) is 20.0. The molecule has 0 saturated carbocycles. The summed E-state index contributed by atoms with van der Waals surface area (Å²) in [5.74, 6) is -0.163. The largest absolute Gasteiger partial charge is 0.305 e. The number of nitriles is 2. The van der Waals surface area contributed by atoms with E-state index in [4.69, 9.17) is 0 Å². The molecule has 2 atom stereocenters. The number of carbonyl (C=O) groups excluding carboxylic acids is 2. The monoisotopic (exact) mass is 1080 g/mol. The molecule has 0 bridgehead atoms. The van der Waals surface area contributed by atoms with Gasteiger partial charge in [-0.3, -0.25) is 9.59 Å². The molecular weight excluding hydrogens is 1010 g/mol. The van der Waals surface area contributed by atoms with Crippen molar-refractivity contribution in [2.45, 2.75) is 182 Å². The number of unbranched alkanes of at least 4 members (excludes halogenated alkanes) is 10. The zero-order valence-electron chi connectivity index (χ0n) is 45.8. The van der Waals surface area contributed by atoms with E-state index in [1.165, 1.54) is 46.6 Å². The van der Waals surface area contributed by atoms with Crippen LogP contribution in [0.2, 0.25) is 0 Å². The van der Waals surface area contributed by atoms with Gasteiger partial charge in [-0.05, 0) is 133 Å². The average molecular weight is 1090 g/mol. The predicted molar refractivity (Wildman–Crippen MR) is 329 cm³/mol. The molecule has 0 radical (unpaired) electrons. The number of amides is 2. The normalized spacial score (nSPS) is 15.4. The SMILES string of the molecule is CCCCCCc1cc(/C=C(\C#N)c2cccs2)sc1-c1ccc2c(c1)N(C(CC)CCCCC)C(=O)/C2=C1/C(=O)N(C(CC)CCCCC)c2cc(-c3sc(/C=C(\C#N)c4cccs4)cc3CCCCCC)ccc21. The summed E-state index contributed by atoms with van der Waals surface area (Å²) < 4.78 is 0. The van der Waals surface area contributed by atoms with Gasteiger partial charge in [0.05, 0.1) is 33.7 Å². The number of anilines is 2. The molecule has 2 unspecified atom stereocenters. The zero-order chi connectivity index (χ0) is 53.6. The summed E-state index contributed by atoms with van der Waals surface area (Å²) in [5, 5.41) is 24.6. The molecule has 10 heteroatoms. The fraction of sp³-hybridized carbons (Fsp3) is 0.424. The van der Waals surface area contributed by atoms with Gasteiger partial charge in [0, 0.05) is 52.5 Å². The first kappa shape index (κ1) is 56.6. The number of benzene rings is 2. The highest BCUT2D eigenvalue weighted by atomic mass is 32.1. The Morgan fingerprint density at radius 1 is 0.526 bits per heavy atom. The minimum atomic E-state index is -0.0814. The van der Waals surface area contributed by atoms with E-state index in [0.717, 1.165) is 156 Å². The lowest BCUT2D eigenvalue weighted by Crippen LogP contribution is -2.39. The molecule has 0 fully saturated rings. The van der Waals surface area contributed by atoms with E-state index in [2.05, 4.69) is 112 Å². The van der Waals surface area contributed by atoms with E-state index >= 15 is 9.59 Å². The van der Waals surface area contributed by atoms with Crippen molar-refractivity contribution < 1.29 is 9.59 Å². The number of allylic oxidation sites excluding steroid dienone is 2. The van der Waals surface area contributed by atoms with Gasteiger partial charge in [-0.2, -0.15) is 10.5 Å². The summed E-state index contributed by atoms with van der Waals surface area (Å²) in [6, 6.07) is 30.5. The Balaban J connectivity index is 1.30. The first-order valence-corrected chi connectivity index (χ1v) is 31.9. The van der Waals surface area contributed by atoms with Crippen molar-refractivity contribution in [3.8, 4) is 33.0 Å². The van der Waals surface area contributed by atoms with Crippen LogP contribution in [0.5, 0.6) is 0 Å². The summed E-state index contributed by atoms with van der Waals surface area (Å²) in [5.41, 5.74) is 10.5. The highest BCUT2D eigenvalue weighted by Crippen LogP contribution is 2.52. The van der Waals surface area contributed by atoms with E-state index in [1.54, 1.807) is 45.3 Å². The van der Waals surface area contributed by atoms with Crippen LogP contribution < -0.4 is 9.80 Å². The fourth-order valence-corrected chi connectivity index (χ4v) is 14.9. The molecule has 2 aliphatic heterocycles. The molecule has 6 heterocycles. The van der Waals surface area contributed by atoms with Gasteiger partial charge in [0.25, 0.3) is 11.8 Å². The third kappa shape index (κ3) is 12.7. The van der Waals surface area contributed by atoms with Crippen LogP contribution in [-0.2, 0) is 22.4 Å². The summed E-state index contributed by atoms with van der Waals surface area (Å²) in [7, 11) is 0. The molecule has 4 aromatic heterocycles. The molecule has 2 aliphatic rings. The van der Waals surface area contributed by atoms with Crippen molar-refractivity contribution >= 4 is 103 Å². The third-order valence-electron chi connectivity index (χ3n) is 15.3. The molecule has 2 aromatic carbocycles. The number of fused-ring (bicyclic) bond motifs is 2. The van der Waals surface area contributed by atoms with Crippen LogP contribution in [-0.4, -0.2) is 23.9 Å². The average Bonchev–Trinajstić information content (AvgIpc) is 4.37. The Hall–Kier alpha value is -5.62. The van der Waals surface area contributed by atoms with E-state index in [9.17, 15) is 10.5 Å². The van der Waals surface area contributed by atoms with Crippen molar-refractivity contribution in [1.82, 2.24) is 0 Å². The van der Waals surface area contributed by atoms with Crippen LogP contribution in [0.1, 0.15) is 199 Å². The number of nitrogens with zero attached hydrogens (tertiary/aromatic N) is 4. The van der Waals surface area contributed by atoms with Crippen molar-refractivity contribution in [2.75, 3.05) is 9.80 Å². The van der Waals surface area contributed by atoms with E-state index in [-0.39, 0.29) is 23.9 Å². The van der Waals surface area contributed by atoms with E-state index in [1.807, 2.05) is 47.2 Å². The zero-order valence-corrected chi connectivity index (χ0v) is 49.0. The molecule has 6 aromatic rings. The van der Waals surface area contributed by atoms with Gasteiger partial charge < -0.3 is 9.80 Å². The Kier molecular flexibility index (Phi) is 20.6. The third-order valence-corrected chi connectivity index (χ3v) is 19.4. The second kappa shape index (κ2) is 27.6. The lowest BCUT2D eigenvalue weighted by molar-refractivity contribution is -0.115. The van der Waals surface area contributed by atoms with E-state index < -0.39 is 0 Å². The first-order valence-electron chi connectivity index (χ1n) is 28.5. The van der Waals surface area contributed by atoms with Crippen molar-refractivity contribution in [3.05, 3.63) is 125 Å². The van der Waals surface area contributed by atoms with Crippen molar-refractivity contribution in [1.29, 1.82) is 10.5 Å². The van der Waals surface area contributed by atoms with E-state index in [0.29, 0.717) is 22.3 Å².